The zero-order valence-corrected chi connectivity index (χ0v) is 17.5. The van der Waals surface area contributed by atoms with Gasteiger partial charge in [0, 0.05) is 36.6 Å². The van der Waals surface area contributed by atoms with E-state index >= 15 is 0 Å². The molecular weight excluding hydrogens is 409 g/mol. The number of amides is 1. The number of carbonyl (C=O) groups is 1. The van der Waals surface area contributed by atoms with Gasteiger partial charge in [-0.3, -0.25) is 4.79 Å². The molecule has 4 aromatic rings. The third kappa shape index (κ3) is 4.02. The summed E-state index contributed by atoms with van der Waals surface area (Å²) in [6, 6.07) is 13.8. The molecule has 32 heavy (non-hydrogen) atoms. The van der Waals surface area contributed by atoms with E-state index in [4.69, 9.17) is 10.5 Å². The molecule has 0 saturated heterocycles. The van der Waals surface area contributed by atoms with E-state index in [1.807, 2.05) is 41.1 Å². The van der Waals surface area contributed by atoms with E-state index in [9.17, 15) is 9.18 Å². The maximum atomic E-state index is 14.2. The molecule has 0 saturated carbocycles. The minimum atomic E-state index is -0.428. The van der Waals surface area contributed by atoms with E-state index in [1.54, 1.807) is 11.0 Å². The number of halogens is 1. The fourth-order valence-corrected chi connectivity index (χ4v) is 3.66. The van der Waals surface area contributed by atoms with Gasteiger partial charge in [-0.15, -0.1) is 0 Å². The minimum Gasteiger partial charge on any atom is -0.497 e. The molecule has 2 aromatic heterocycles. The second-order valence-corrected chi connectivity index (χ2v) is 7.10. The molecule has 4 rings (SSSR count). The molecule has 0 fully saturated rings. The van der Waals surface area contributed by atoms with Crippen LogP contribution < -0.4 is 15.4 Å². The Hall–Kier alpha value is -4.20. The lowest BCUT2D eigenvalue weighted by Gasteiger charge is -2.21. The van der Waals surface area contributed by atoms with Crippen LogP contribution in [0.2, 0.25) is 0 Å². The Kier molecular flexibility index (Phi) is 5.85. The molecule has 2 heterocycles. The number of nitrogens with zero attached hydrogens (tertiary/aromatic N) is 4. The van der Waals surface area contributed by atoms with Gasteiger partial charge < -0.3 is 19.9 Å². The first kappa shape index (κ1) is 21.0. The summed E-state index contributed by atoms with van der Waals surface area (Å²) < 4.78 is 21.3. The first-order valence-electron chi connectivity index (χ1n) is 9.95. The van der Waals surface area contributed by atoms with Gasteiger partial charge in [0.15, 0.2) is 0 Å². The van der Waals surface area contributed by atoms with Crippen LogP contribution in [-0.2, 0) is 11.3 Å². The largest absolute Gasteiger partial charge is 0.497 e. The molecule has 0 atom stereocenters. The Labute approximate surface area is 184 Å². The Morgan fingerprint density at radius 1 is 1.25 bits per heavy atom. The van der Waals surface area contributed by atoms with Crippen LogP contribution in [0.3, 0.4) is 0 Å². The van der Waals surface area contributed by atoms with Gasteiger partial charge in [-0.25, -0.2) is 14.4 Å². The van der Waals surface area contributed by atoms with Crippen LogP contribution in [0.25, 0.3) is 22.2 Å². The molecular formula is C24H22FN5O2. The van der Waals surface area contributed by atoms with Gasteiger partial charge in [-0.2, -0.15) is 0 Å². The van der Waals surface area contributed by atoms with Gasteiger partial charge in [-0.05, 0) is 35.9 Å². The number of para-hydroxylation sites is 1. The van der Waals surface area contributed by atoms with E-state index < -0.39 is 5.82 Å². The van der Waals surface area contributed by atoms with Gasteiger partial charge in [-0.1, -0.05) is 24.8 Å². The topological polar surface area (TPSA) is 86.3 Å². The van der Waals surface area contributed by atoms with Crippen LogP contribution in [0.15, 0.2) is 73.7 Å². The monoisotopic (exact) mass is 431 g/mol. The van der Waals surface area contributed by atoms with Crippen LogP contribution >= 0.6 is 0 Å². The summed E-state index contributed by atoms with van der Waals surface area (Å²) in [4.78, 5) is 22.6. The third-order valence-electron chi connectivity index (χ3n) is 5.17. The Balaban J connectivity index is 1.76. The summed E-state index contributed by atoms with van der Waals surface area (Å²) in [5, 5.41) is 0.612. The van der Waals surface area contributed by atoms with E-state index in [0.717, 1.165) is 5.69 Å². The summed E-state index contributed by atoms with van der Waals surface area (Å²) in [6.07, 6.45) is 4.50. The van der Waals surface area contributed by atoms with Crippen molar-refractivity contribution in [2.75, 3.05) is 24.3 Å². The highest BCUT2D eigenvalue weighted by Gasteiger charge is 2.18. The fourth-order valence-electron chi connectivity index (χ4n) is 3.66. The lowest BCUT2D eigenvalue weighted by Crippen LogP contribution is -2.32. The van der Waals surface area contributed by atoms with Gasteiger partial charge in [0.2, 0.25) is 5.91 Å². The molecule has 7 nitrogen and oxygen atoms in total. The standard InChI is InChI=1S/C24H22FN5O2/c1-3-21(31)30(18-7-5-4-6-8-18)10-9-29-14-20(22-23(26)27-15-28-24(22)29)16-11-17(25)13-19(12-16)32-2/h3-8,11-15H,1,9-10H2,2H3,(H2,26,27,28). The van der Waals surface area contributed by atoms with Crippen molar-refractivity contribution in [3.05, 3.63) is 79.5 Å². The highest BCUT2D eigenvalue weighted by atomic mass is 19.1. The maximum Gasteiger partial charge on any atom is 0.250 e. The van der Waals surface area contributed by atoms with Crippen molar-refractivity contribution in [1.29, 1.82) is 0 Å². The number of rotatable bonds is 7. The predicted octanol–water partition coefficient (Wildman–Crippen LogP) is 4.05. The second kappa shape index (κ2) is 8.89. The predicted molar refractivity (Wildman–Crippen MR) is 123 cm³/mol. The molecule has 0 unspecified atom stereocenters. The summed E-state index contributed by atoms with van der Waals surface area (Å²) >= 11 is 0. The minimum absolute atomic E-state index is 0.211. The number of hydrogen-bond donors (Lipinski definition) is 1. The zero-order valence-electron chi connectivity index (χ0n) is 17.5. The first-order chi connectivity index (χ1) is 15.5. The molecule has 0 bridgehead atoms. The van der Waals surface area contributed by atoms with Crippen molar-refractivity contribution in [2.24, 2.45) is 0 Å². The van der Waals surface area contributed by atoms with Crippen molar-refractivity contribution < 1.29 is 13.9 Å². The average molecular weight is 431 g/mol. The summed E-state index contributed by atoms with van der Waals surface area (Å²) in [5.41, 5.74) is 8.79. The fraction of sp³-hybridized carbons (Fsp3) is 0.125. The molecule has 0 aliphatic carbocycles. The molecule has 8 heteroatoms. The first-order valence-corrected chi connectivity index (χ1v) is 9.95. The molecule has 2 N–H and O–H groups in total. The number of fused-ring (bicyclic) bond motifs is 1. The van der Waals surface area contributed by atoms with E-state index in [0.29, 0.717) is 41.0 Å². The van der Waals surface area contributed by atoms with Gasteiger partial charge in [0.05, 0.1) is 12.5 Å². The number of anilines is 2. The second-order valence-electron chi connectivity index (χ2n) is 7.10. The Morgan fingerprint density at radius 3 is 2.75 bits per heavy atom. The number of methoxy groups -OCH3 is 1. The number of hydrogen-bond acceptors (Lipinski definition) is 5. The van der Waals surface area contributed by atoms with E-state index in [1.165, 1.54) is 31.6 Å². The highest BCUT2D eigenvalue weighted by molar-refractivity contribution is 6.02. The Morgan fingerprint density at radius 2 is 2.03 bits per heavy atom. The molecule has 0 radical (unpaired) electrons. The lowest BCUT2D eigenvalue weighted by atomic mass is 10.1. The lowest BCUT2D eigenvalue weighted by molar-refractivity contribution is -0.114. The molecule has 0 aliphatic rings. The van der Waals surface area contributed by atoms with Crippen molar-refractivity contribution in [2.45, 2.75) is 6.54 Å². The van der Waals surface area contributed by atoms with Crippen molar-refractivity contribution >= 4 is 28.4 Å². The van der Waals surface area contributed by atoms with E-state index in [-0.39, 0.29) is 11.7 Å². The third-order valence-corrected chi connectivity index (χ3v) is 5.17. The van der Waals surface area contributed by atoms with Crippen LogP contribution in [-0.4, -0.2) is 34.1 Å². The number of nitrogens with two attached hydrogens (primary N) is 1. The van der Waals surface area contributed by atoms with Crippen LogP contribution in [0.5, 0.6) is 5.75 Å². The van der Waals surface area contributed by atoms with Crippen molar-refractivity contribution in [3.8, 4) is 16.9 Å². The molecule has 0 spiro atoms. The maximum absolute atomic E-state index is 14.2. The number of carbonyl (C=O) groups excluding carboxylic acids is 1. The molecule has 0 aliphatic heterocycles. The van der Waals surface area contributed by atoms with Gasteiger partial charge in [0.1, 0.15) is 29.4 Å². The number of ether oxygens (including phenoxy) is 1. The van der Waals surface area contributed by atoms with E-state index in [2.05, 4.69) is 16.5 Å². The molecule has 1 amide bonds. The van der Waals surface area contributed by atoms with Crippen LogP contribution in [0, 0.1) is 5.82 Å². The van der Waals surface area contributed by atoms with Gasteiger partial charge >= 0.3 is 0 Å². The highest BCUT2D eigenvalue weighted by Crippen LogP contribution is 2.34. The number of nitrogen functional groups attached to an aromatic ring is 1. The normalized spacial score (nSPS) is 10.8. The van der Waals surface area contributed by atoms with Crippen LogP contribution in [0.4, 0.5) is 15.9 Å². The molecule has 2 aromatic carbocycles. The summed E-state index contributed by atoms with van der Waals surface area (Å²) in [6.45, 7) is 4.40. The summed E-state index contributed by atoms with van der Waals surface area (Å²) in [5.74, 6) is 0.0385. The SMILES string of the molecule is C=CC(=O)N(CCn1cc(-c2cc(F)cc(OC)c2)c2c(N)ncnc21)c1ccccc1. The van der Waals surface area contributed by atoms with Crippen molar-refractivity contribution in [3.63, 3.8) is 0 Å². The Bertz CT molecular complexity index is 1290. The van der Waals surface area contributed by atoms with Gasteiger partial charge in [0.25, 0.3) is 0 Å². The number of aromatic nitrogens is 3. The van der Waals surface area contributed by atoms with Crippen LogP contribution in [0.1, 0.15) is 0 Å². The smallest absolute Gasteiger partial charge is 0.250 e. The zero-order chi connectivity index (χ0) is 22.7. The van der Waals surface area contributed by atoms with Crippen molar-refractivity contribution in [1.82, 2.24) is 14.5 Å². The quantitative estimate of drug-likeness (QED) is 0.446. The summed E-state index contributed by atoms with van der Waals surface area (Å²) in [7, 11) is 1.48. The number of benzene rings is 2. The average Bonchev–Trinajstić information content (AvgIpc) is 3.19. The molecule has 162 valence electrons.